The fourth-order valence-electron chi connectivity index (χ4n) is 3.45. The molecule has 2 aromatic carbocycles. The lowest BCUT2D eigenvalue weighted by atomic mass is 10.0. The Balaban J connectivity index is 1.71. The van der Waals surface area contributed by atoms with Crippen LogP contribution in [-0.4, -0.2) is 16.2 Å². The highest BCUT2D eigenvalue weighted by molar-refractivity contribution is 6.13. The van der Waals surface area contributed by atoms with E-state index in [0.29, 0.717) is 17.7 Å². The molecule has 0 bridgehead atoms. The van der Waals surface area contributed by atoms with Crippen molar-refractivity contribution >= 4 is 11.7 Å². The van der Waals surface area contributed by atoms with E-state index in [4.69, 9.17) is 4.74 Å². The number of carbonyl (C=O) groups excluding carboxylic acids is 1. The Morgan fingerprint density at radius 3 is 2.96 bits per heavy atom. The van der Waals surface area contributed by atoms with Gasteiger partial charge in [-0.25, -0.2) is 9.18 Å². The Bertz CT molecular complexity index is 1070. The monoisotopic (exact) mass is 332 g/mol. The number of esters is 1. The summed E-state index contributed by atoms with van der Waals surface area (Å²) in [6.07, 6.45) is 1.90. The Morgan fingerprint density at radius 2 is 2.04 bits per heavy atom. The van der Waals surface area contributed by atoms with Crippen LogP contribution in [0.3, 0.4) is 0 Å². The van der Waals surface area contributed by atoms with Gasteiger partial charge in [-0.3, -0.25) is 4.99 Å². The largest absolute Gasteiger partial charge is 0.457 e. The van der Waals surface area contributed by atoms with Gasteiger partial charge in [-0.15, -0.1) is 0 Å². The number of hydrogen-bond donors (Lipinski definition) is 0. The van der Waals surface area contributed by atoms with Crippen LogP contribution >= 0.6 is 0 Å². The van der Waals surface area contributed by atoms with Crippen molar-refractivity contribution in [3.63, 3.8) is 0 Å². The molecule has 0 radical (unpaired) electrons. The molecule has 25 heavy (non-hydrogen) atoms. The van der Waals surface area contributed by atoms with Crippen LogP contribution in [-0.2, 0) is 17.9 Å². The molecular weight excluding hydrogens is 319 g/mol. The minimum absolute atomic E-state index is 0.251. The minimum Gasteiger partial charge on any atom is -0.457 e. The van der Waals surface area contributed by atoms with E-state index in [1.165, 1.54) is 6.07 Å². The third-order valence-electron chi connectivity index (χ3n) is 4.70. The molecule has 0 atom stereocenters. The molecule has 122 valence electrons. The normalized spacial score (nSPS) is 14.9. The summed E-state index contributed by atoms with van der Waals surface area (Å²) in [5.74, 6) is -0.574. The summed E-state index contributed by atoms with van der Waals surface area (Å²) in [5, 5.41) is 0. The highest BCUT2D eigenvalue weighted by atomic mass is 19.1. The van der Waals surface area contributed by atoms with E-state index in [0.717, 1.165) is 28.2 Å². The Hall–Kier alpha value is -3.21. The molecule has 4 nitrogen and oxygen atoms in total. The summed E-state index contributed by atoms with van der Waals surface area (Å²) < 4.78 is 21.3. The van der Waals surface area contributed by atoms with Gasteiger partial charge in [-0.1, -0.05) is 18.2 Å². The molecular formula is C20H13FN2O2. The van der Waals surface area contributed by atoms with Gasteiger partial charge in [0.25, 0.3) is 0 Å². The lowest BCUT2D eigenvalue weighted by Gasteiger charge is -2.11. The average molecular weight is 332 g/mol. The second kappa shape index (κ2) is 5.14. The molecule has 0 N–H and O–H groups in total. The zero-order valence-electron chi connectivity index (χ0n) is 13.2. The highest BCUT2D eigenvalue weighted by Gasteiger charge is 2.24. The Morgan fingerprint density at radius 1 is 1.12 bits per heavy atom. The van der Waals surface area contributed by atoms with Gasteiger partial charge in [-0.05, 0) is 30.3 Å². The average Bonchev–Trinajstić information content (AvgIpc) is 3.20. The highest BCUT2D eigenvalue weighted by Crippen LogP contribution is 2.28. The Labute approximate surface area is 143 Å². The standard InChI is InChI=1S/C20H13FN2O2/c21-16-3-1-4-17-15(16)10-22-19(18-5-2-8-23(17)18)12-6-7-13-11-25-20(24)14(13)9-12/h1-9H,10-11H2. The van der Waals surface area contributed by atoms with Gasteiger partial charge >= 0.3 is 5.97 Å². The number of aromatic nitrogens is 1. The molecule has 3 heterocycles. The summed E-state index contributed by atoms with van der Waals surface area (Å²) in [7, 11) is 0. The molecule has 0 amide bonds. The molecule has 1 aromatic heterocycles. The first kappa shape index (κ1) is 14.2. The zero-order valence-corrected chi connectivity index (χ0v) is 13.2. The molecule has 5 rings (SSSR count). The maximum atomic E-state index is 14.3. The molecule has 5 heteroatoms. The number of nitrogens with zero attached hydrogens (tertiary/aromatic N) is 2. The topological polar surface area (TPSA) is 43.6 Å². The summed E-state index contributed by atoms with van der Waals surface area (Å²) in [5.41, 5.74) is 5.25. The first-order chi connectivity index (χ1) is 12.2. The van der Waals surface area contributed by atoms with Crippen LogP contribution in [0.5, 0.6) is 0 Å². The van der Waals surface area contributed by atoms with E-state index in [1.54, 1.807) is 6.07 Å². The Kier molecular flexibility index (Phi) is 2.91. The molecule has 0 fully saturated rings. The van der Waals surface area contributed by atoms with Crippen LogP contribution in [0, 0.1) is 5.82 Å². The molecule has 0 aliphatic carbocycles. The lowest BCUT2D eigenvalue weighted by Crippen LogP contribution is -2.09. The van der Waals surface area contributed by atoms with Gasteiger partial charge < -0.3 is 9.30 Å². The van der Waals surface area contributed by atoms with Crippen molar-refractivity contribution < 1.29 is 13.9 Å². The van der Waals surface area contributed by atoms with Gasteiger partial charge in [-0.2, -0.15) is 0 Å². The fourth-order valence-corrected chi connectivity index (χ4v) is 3.45. The SMILES string of the molecule is O=C1OCc2ccc(C3=NCc4c(F)cccc4-n4cccc43)cc21. The van der Waals surface area contributed by atoms with Gasteiger partial charge in [0.15, 0.2) is 0 Å². The van der Waals surface area contributed by atoms with Crippen molar-refractivity contribution in [2.45, 2.75) is 13.2 Å². The molecule has 0 unspecified atom stereocenters. The zero-order chi connectivity index (χ0) is 17.0. The van der Waals surface area contributed by atoms with Crippen molar-refractivity contribution in [3.8, 4) is 5.69 Å². The van der Waals surface area contributed by atoms with Gasteiger partial charge in [0.05, 0.1) is 29.2 Å². The van der Waals surface area contributed by atoms with Crippen LogP contribution in [0.4, 0.5) is 4.39 Å². The predicted octanol–water partition coefficient (Wildman–Crippen LogP) is 3.64. The number of halogens is 1. The number of rotatable bonds is 1. The van der Waals surface area contributed by atoms with E-state index in [9.17, 15) is 9.18 Å². The van der Waals surface area contributed by atoms with E-state index in [-0.39, 0.29) is 18.3 Å². The van der Waals surface area contributed by atoms with E-state index < -0.39 is 0 Å². The number of fused-ring (bicyclic) bond motifs is 4. The van der Waals surface area contributed by atoms with Crippen molar-refractivity contribution in [2.24, 2.45) is 4.99 Å². The summed E-state index contributed by atoms with van der Waals surface area (Å²) in [6.45, 7) is 0.564. The predicted molar refractivity (Wildman–Crippen MR) is 90.6 cm³/mol. The number of carbonyl (C=O) groups is 1. The number of cyclic esters (lactones) is 1. The molecule has 3 aromatic rings. The maximum absolute atomic E-state index is 14.3. The smallest absolute Gasteiger partial charge is 0.338 e. The third kappa shape index (κ3) is 2.05. The summed E-state index contributed by atoms with van der Waals surface area (Å²) in [6, 6.07) is 14.5. The van der Waals surface area contributed by atoms with Crippen LogP contribution in [0.25, 0.3) is 5.69 Å². The second-order valence-electron chi connectivity index (χ2n) is 6.11. The van der Waals surface area contributed by atoms with Gasteiger partial charge in [0.1, 0.15) is 12.4 Å². The third-order valence-corrected chi connectivity index (χ3v) is 4.70. The van der Waals surface area contributed by atoms with Crippen molar-refractivity contribution in [3.05, 3.63) is 88.5 Å². The lowest BCUT2D eigenvalue weighted by molar-refractivity contribution is 0.0535. The maximum Gasteiger partial charge on any atom is 0.338 e. The van der Waals surface area contributed by atoms with E-state index >= 15 is 0 Å². The summed E-state index contributed by atoms with van der Waals surface area (Å²) in [4.78, 5) is 16.5. The molecule has 2 aliphatic rings. The quantitative estimate of drug-likeness (QED) is 0.639. The van der Waals surface area contributed by atoms with Crippen molar-refractivity contribution in [2.75, 3.05) is 0 Å². The van der Waals surface area contributed by atoms with Crippen molar-refractivity contribution in [1.82, 2.24) is 4.57 Å². The number of benzene rings is 2. The first-order valence-corrected chi connectivity index (χ1v) is 8.03. The van der Waals surface area contributed by atoms with Gasteiger partial charge in [0, 0.05) is 22.9 Å². The minimum atomic E-state index is -0.309. The molecule has 0 saturated heterocycles. The summed E-state index contributed by atoms with van der Waals surface area (Å²) >= 11 is 0. The van der Waals surface area contributed by atoms with Crippen LogP contribution in [0.2, 0.25) is 0 Å². The van der Waals surface area contributed by atoms with Crippen LogP contribution in [0.15, 0.2) is 59.7 Å². The van der Waals surface area contributed by atoms with Crippen LogP contribution in [0.1, 0.15) is 32.7 Å². The number of aliphatic imine (C=N–C) groups is 1. The second-order valence-corrected chi connectivity index (χ2v) is 6.11. The molecule has 0 saturated carbocycles. The number of ether oxygens (including phenoxy) is 1. The first-order valence-electron chi connectivity index (χ1n) is 8.03. The van der Waals surface area contributed by atoms with Gasteiger partial charge in [0.2, 0.25) is 0 Å². The van der Waals surface area contributed by atoms with Crippen LogP contribution < -0.4 is 0 Å². The fraction of sp³-hybridized carbons (Fsp3) is 0.100. The van der Waals surface area contributed by atoms with Crippen molar-refractivity contribution in [1.29, 1.82) is 0 Å². The van der Waals surface area contributed by atoms with E-state index in [1.807, 2.05) is 47.2 Å². The number of hydrogen-bond acceptors (Lipinski definition) is 3. The van der Waals surface area contributed by atoms with E-state index in [2.05, 4.69) is 4.99 Å². The molecule has 0 spiro atoms. The molecule has 2 aliphatic heterocycles.